The zero-order valence-electron chi connectivity index (χ0n) is 10.0. The molecule has 0 amide bonds. The highest BCUT2D eigenvalue weighted by Gasteiger charge is 2.06. The standard InChI is InChI=1S/C15H10N4.CH4/c16-10-11-4-6-12(7-5-11)14-9-15(19-18-14)13-3-1-2-8-17-13;/h1-9H,(H,18,19);1H4. The molecule has 0 saturated carbocycles. The molecule has 0 atom stereocenters. The minimum atomic E-state index is 0. The van der Waals surface area contributed by atoms with Crippen LogP contribution in [0.15, 0.2) is 54.7 Å². The Morgan fingerprint density at radius 1 is 1.00 bits per heavy atom. The Hall–Kier alpha value is -2.93. The van der Waals surface area contributed by atoms with E-state index in [0.717, 1.165) is 22.6 Å². The molecule has 0 saturated heterocycles. The van der Waals surface area contributed by atoms with Crippen LogP contribution in [-0.2, 0) is 0 Å². The Bertz CT molecular complexity index is 721. The van der Waals surface area contributed by atoms with Crippen molar-refractivity contribution in [2.24, 2.45) is 0 Å². The minimum Gasteiger partial charge on any atom is -0.276 e. The van der Waals surface area contributed by atoms with Gasteiger partial charge in [-0.05, 0) is 30.3 Å². The highest BCUT2D eigenvalue weighted by atomic mass is 15.1. The van der Waals surface area contributed by atoms with Crippen molar-refractivity contribution in [2.45, 2.75) is 7.43 Å². The summed E-state index contributed by atoms with van der Waals surface area (Å²) in [4.78, 5) is 4.27. The molecule has 0 bridgehead atoms. The SMILES string of the molecule is C.N#Cc1ccc(-c2cc(-c3ccccn3)[nH]n2)cc1. The number of benzene rings is 1. The summed E-state index contributed by atoms with van der Waals surface area (Å²) in [5, 5.41) is 16.0. The summed E-state index contributed by atoms with van der Waals surface area (Å²) in [5.41, 5.74) is 4.18. The Balaban J connectivity index is 0.00000147. The van der Waals surface area contributed by atoms with E-state index in [4.69, 9.17) is 5.26 Å². The first-order valence-corrected chi connectivity index (χ1v) is 5.84. The molecule has 2 aromatic heterocycles. The normalized spacial score (nSPS) is 9.55. The fraction of sp³-hybridized carbons (Fsp3) is 0.0625. The quantitative estimate of drug-likeness (QED) is 0.766. The van der Waals surface area contributed by atoms with E-state index in [-0.39, 0.29) is 7.43 Å². The molecule has 3 aromatic rings. The van der Waals surface area contributed by atoms with Crippen LogP contribution >= 0.6 is 0 Å². The number of aromatic amines is 1. The molecular weight excluding hydrogens is 248 g/mol. The number of pyridine rings is 1. The average molecular weight is 262 g/mol. The Kier molecular flexibility index (Phi) is 3.92. The molecule has 0 aliphatic rings. The van der Waals surface area contributed by atoms with Gasteiger partial charge in [-0.25, -0.2) is 0 Å². The molecule has 98 valence electrons. The molecular formula is C16H14N4. The predicted molar refractivity (Wildman–Crippen MR) is 78.7 cm³/mol. The van der Waals surface area contributed by atoms with E-state index < -0.39 is 0 Å². The van der Waals surface area contributed by atoms with Crippen molar-refractivity contribution in [3.63, 3.8) is 0 Å². The van der Waals surface area contributed by atoms with Crippen LogP contribution in [0.2, 0.25) is 0 Å². The van der Waals surface area contributed by atoms with Crippen molar-refractivity contribution in [2.75, 3.05) is 0 Å². The van der Waals surface area contributed by atoms with Gasteiger partial charge in [0.05, 0.1) is 28.7 Å². The topological polar surface area (TPSA) is 65.4 Å². The molecule has 0 spiro atoms. The molecule has 0 aliphatic heterocycles. The van der Waals surface area contributed by atoms with Gasteiger partial charge in [-0.1, -0.05) is 25.6 Å². The Morgan fingerprint density at radius 2 is 1.80 bits per heavy atom. The van der Waals surface area contributed by atoms with E-state index in [1.54, 1.807) is 18.3 Å². The Labute approximate surface area is 117 Å². The number of hydrogen-bond acceptors (Lipinski definition) is 3. The maximum absolute atomic E-state index is 8.77. The van der Waals surface area contributed by atoms with Crippen molar-refractivity contribution >= 4 is 0 Å². The third-order valence-electron chi connectivity index (χ3n) is 2.83. The number of nitrogens with zero attached hydrogens (tertiary/aromatic N) is 3. The Morgan fingerprint density at radius 3 is 2.45 bits per heavy atom. The summed E-state index contributed by atoms with van der Waals surface area (Å²) in [6, 6.07) is 17.1. The largest absolute Gasteiger partial charge is 0.276 e. The van der Waals surface area contributed by atoms with Crippen LogP contribution < -0.4 is 0 Å². The molecule has 0 aliphatic carbocycles. The van der Waals surface area contributed by atoms with Crippen molar-refractivity contribution < 1.29 is 0 Å². The van der Waals surface area contributed by atoms with Crippen molar-refractivity contribution in [3.8, 4) is 28.7 Å². The van der Waals surface area contributed by atoms with Crippen LogP contribution in [-0.4, -0.2) is 15.2 Å². The van der Waals surface area contributed by atoms with E-state index in [9.17, 15) is 0 Å². The van der Waals surface area contributed by atoms with Gasteiger partial charge in [0.2, 0.25) is 0 Å². The molecule has 0 unspecified atom stereocenters. The molecule has 1 aromatic carbocycles. The van der Waals surface area contributed by atoms with Gasteiger partial charge in [0.25, 0.3) is 0 Å². The number of rotatable bonds is 2. The van der Waals surface area contributed by atoms with Crippen molar-refractivity contribution in [3.05, 3.63) is 60.3 Å². The zero-order valence-corrected chi connectivity index (χ0v) is 10.0. The van der Waals surface area contributed by atoms with Gasteiger partial charge >= 0.3 is 0 Å². The minimum absolute atomic E-state index is 0. The molecule has 20 heavy (non-hydrogen) atoms. The average Bonchev–Trinajstić information content (AvgIpc) is 2.98. The van der Waals surface area contributed by atoms with Gasteiger partial charge in [-0.2, -0.15) is 10.4 Å². The number of H-pyrrole nitrogens is 1. The van der Waals surface area contributed by atoms with Crippen LogP contribution in [0.4, 0.5) is 0 Å². The van der Waals surface area contributed by atoms with Crippen LogP contribution in [0.25, 0.3) is 22.6 Å². The first-order chi connectivity index (χ1) is 9.36. The van der Waals surface area contributed by atoms with E-state index in [2.05, 4.69) is 21.3 Å². The summed E-state index contributed by atoms with van der Waals surface area (Å²) >= 11 is 0. The van der Waals surface area contributed by atoms with E-state index >= 15 is 0 Å². The van der Waals surface area contributed by atoms with Gasteiger partial charge < -0.3 is 0 Å². The van der Waals surface area contributed by atoms with Crippen LogP contribution in [0.5, 0.6) is 0 Å². The first kappa shape index (κ1) is 13.5. The fourth-order valence-corrected chi connectivity index (χ4v) is 1.84. The highest BCUT2D eigenvalue weighted by molar-refractivity contribution is 5.66. The van der Waals surface area contributed by atoms with Gasteiger partial charge in [0.15, 0.2) is 0 Å². The lowest BCUT2D eigenvalue weighted by molar-refractivity contribution is 1.09. The summed E-state index contributed by atoms with van der Waals surface area (Å²) in [5.74, 6) is 0. The highest BCUT2D eigenvalue weighted by Crippen LogP contribution is 2.22. The maximum atomic E-state index is 8.77. The van der Waals surface area contributed by atoms with Crippen LogP contribution in [0.3, 0.4) is 0 Å². The van der Waals surface area contributed by atoms with Crippen molar-refractivity contribution in [1.82, 2.24) is 15.2 Å². The second kappa shape index (κ2) is 5.81. The number of nitriles is 1. The van der Waals surface area contributed by atoms with E-state index in [1.165, 1.54) is 0 Å². The summed E-state index contributed by atoms with van der Waals surface area (Å²) in [6.07, 6.45) is 1.75. The maximum Gasteiger partial charge on any atom is 0.0991 e. The lowest BCUT2D eigenvalue weighted by atomic mass is 10.1. The van der Waals surface area contributed by atoms with Gasteiger partial charge in [-0.15, -0.1) is 0 Å². The molecule has 3 rings (SSSR count). The molecule has 0 fully saturated rings. The second-order valence-electron chi connectivity index (χ2n) is 4.07. The monoisotopic (exact) mass is 262 g/mol. The fourth-order valence-electron chi connectivity index (χ4n) is 1.84. The second-order valence-corrected chi connectivity index (χ2v) is 4.07. The van der Waals surface area contributed by atoms with Crippen LogP contribution in [0.1, 0.15) is 13.0 Å². The molecule has 0 radical (unpaired) electrons. The molecule has 4 nitrogen and oxygen atoms in total. The summed E-state index contributed by atoms with van der Waals surface area (Å²) < 4.78 is 0. The first-order valence-electron chi connectivity index (χ1n) is 5.84. The molecule has 2 heterocycles. The zero-order chi connectivity index (χ0) is 13.1. The smallest absolute Gasteiger partial charge is 0.0991 e. The number of hydrogen-bond donors (Lipinski definition) is 1. The lowest BCUT2D eigenvalue weighted by Gasteiger charge is -1.95. The molecule has 1 N–H and O–H groups in total. The molecule has 4 heteroatoms. The van der Waals surface area contributed by atoms with E-state index in [1.807, 2.05) is 36.4 Å². The summed E-state index contributed by atoms with van der Waals surface area (Å²) in [6.45, 7) is 0. The summed E-state index contributed by atoms with van der Waals surface area (Å²) in [7, 11) is 0. The number of aromatic nitrogens is 3. The number of nitrogens with one attached hydrogen (secondary N) is 1. The third-order valence-corrected chi connectivity index (χ3v) is 2.83. The van der Waals surface area contributed by atoms with Crippen LogP contribution in [0, 0.1) is 11.3 Å². The van der Waals surface area contributed by atoms with Gasteiger partial charge in [0.1, 0.15) is 0 Å². The lowest BCUT2D eigenvalue weighted by Crippen LogP contribution is -1.80. The van der Waals surface area contributed by atoms with E-state index in [0.29, 0.717) is 5.56 Å². The predicted octanol–water partition coefficient (Wildman–Crippen LogP) is 3.65. The van der Waals surface area contributed by atoms with Crippen molar-refractivity contribution in [1.29, 1.82) is 5.26 Å². The van der Waals surface area contributed by atoms with Gasteiger partial charge in [0, 0.05) is 11.8 Å². The third kappa shape index (κ3) is 2.57. The van der Waals surface area contributed by atoms with Gasteiger partial charge in [-0.3, -0.25) is 10.1 Å².